The molecule has 2 aromatic heterocycles. The van der Waals surface area contributed by atoms with Crippen LogP contribution in [-0.2, 0) is 0 Å². The van der Waals surface area contributed by atoms with Crippen LogP contribution in [-0.4, -0.2) is 33.4 Å². The lowest BCUT2D eigenvalue weighted by atomic mass is 9.80. The molecule has 0 unspecified atom stereocenters. The molecule has 1 saturated carbocycles. The van der Waals surface area contributed by atoms with Crippen molar-refractivity contribution in [3.63, 3.8) is 0 Å². The van der Waals surface area contributed by atoms with E-state index in [1.54, 1.807) is 12.4 Å². The summed E-state index contributed by atoms with van der Waals surface area (Å²) in [7, 11) is 0. The van der Waals surface area contributed by atoms with E-state index in [0.717, 1.165) is 46.0 Å². The second-order valence-corrected chi connectivity index (χ2v) is 6.38. The van der Waals surface area contributed by atoms with Crippen molar-refractivity contribution in [2.75, 3.05) is 6.54 Å². The molecule has 3 rings (SSSR count). The van der Waals surface area contributed by atoms with Crippen molar-refractivity contribution >= 4 is 38.6 Å². The first-order valence-corrected chi connectivity index (χ1v) is 7.96. The van der Waals surface area contributed by atoms with Crippen LogP contribution in [0.5, 0.6) is 0 Å². The highest BCUT2D eigenvalue weighted by Gasteiger charge is 2.33. The van der Waals surface area contributed by atoms with E-state index < -0.39 is 5.60 Å². The minimum Gasteiger partial charge on any atom is -0.404 e. The lowest BCUT2D eigenvalue weighted by Gasteiger charge is -2.34. The fraction of sp³-hybridized carbons (Fsp3) is 0.312. The second-order valence-electron chi connectivity index (χ2n) is 5.57. The quantitative estimate of drug-likeness (QED) is 0.648. The van der Waals surface area contributed by atoms with Gasteiger partial charge in [-0.3, -0.25) is 4.99 Å². The van der Waals surface area contributed by atoms with Gasteiger partial charge in [0, 0.05) is 29.6 Å². The Labute approximate surface area is 137 Å². The number of allylic oxidation sites excluding steroid dienone is 1. The molecule has 0 amide bonds. The fourth-order valence-corrected chi connectivity index (χ4v) is 2.72. The lowest BCUT2D eigenvalue weighted by Crippen LogP contribution is -2.39. The predicted octanol–water partition coefficient (Wildman–Crippen LogP) is 2.68. The summed E-state index contributed by atoms with van der Waals surface area (Å²) in [5.41, 5.74) is 7.40. The number of nitrogens with zero attached hydrogens (tertiary/aromatic N) is 3. The average molecular weight is 361 g/mol. The van der Waals surface area contributed by atoms with Crippen LogP contribution < -0.4 is 5.73 Å². The van der Waals surface area contributed by atoms with Crippen LogP contribution in [0.15, 0.2) is 40.2 Å². The number of rotatable bonds is 4. The molecule has 2 heterocycles. The molecular weight excluding hydrogens is 344 g/mol. The summed E-state index contributed by atoms with van der Waals surface area (Å²) in [6.45, 7) is 0.410. The minimum atomic E-state index is -0.621. The Hall–Kier alpha value is -1.79. The van der Waals surface area contributed by atoms with E-state index in [4.69, 9.17) is 5.73 Å². The summed E-state index contributed by atoms with van der Waals surface area (Å²) < 4.78 is 0.740. The van der Waals surface area contributed by atoms with E-state index >= 15 is 0 Å². The van der Waals surface area contributed by atoms with Gasteiger partial charge < -0.3 is 10.8 Å². The Bertz CT molecular complexity index is 753. The largest absolute Gasteiger partial charge is 0.404 e. The molecule has 2 aromatic rings. The van der Waals surface area contributed by atoms with Gasteiger partial charge in [0.05, 0.1) is 23.4 Å². The summed E-state index contributed by atoms with van der Waals surface area (Å²) in [5.74, 6) is 0. The molecule has 5 nitrogen and oxygen atoms in total. The van der Waals surface area contributed by atoms with Gasteiger partial charge >= 0.3 is 0 Å². The molecule has 0 bridgehead atoms. The number of fused-ring (bicyclic) bond motifs is 1. The zero-order valence-corrected chi connectivity index (χ0v) is 13.6. The van der Waals surface area contributed by atoms with Crippen LogP contribution in [0.3, 0.4) is 0 Å². The summed E-state index contributed by atoms with van der Waals surface area (Å²) >= 11 is 3.34. The smallest absolute Gasteiger partial charge is 0.108 e. The maximum absolute atomic E-state index is 10.0. The van der Waals surface area contributed by atoms with Crippen LogP contribution in [0.1, 0.15) is 25.0 Å². The summed E-state index contributed by atoms with van der Waals surface area (Å²) in [6.07, 6.45) is 7.64. The number of hydrogen-bond donors (Lipinski definition) is 2. The van der Waals surface area contributed by atoms with E-state index in [-0.39, 0.29) is 0 Å². The topological polar surface area (TPSA) is 84.4 Å². The molecule has 0 aromatic carbocycles. The minimum absolute atomic E-state index is 0.410. The summed E-state index contributed by atoms with van der Waals surface area (Å²) in [6, 6.07) is 5.70. The first kappa shape index (κ1) is 15.1. The summed E-state index contributed by atoms with van der Waals surface area (Å²) in [5, 5.41) is 11.0. The third-order valence-electron chi connectivity index (χ3n) is 3.92. The highest BCUT2D eigenvalue weighted by molar-refractivity contribution is 9.10. The highest BCUT2D eigenvalue weighted by Crippen LogP contribution is 2.31. The van der Waals surface area contributed by atoms with Crippen molar-refractivity contribution < 1.29 is 5.11 Å². The van der Waals surface area contributed by atoms with Crippen LogP contribution in [0.25, 0.3) is 16.5 Å². The Morgan fingerprint density at radius 3 is 2.95 bits per heavy atom. The van der Waals surface area contributed by atoms with Gasteiger partial charge in [-0.05, 0) is 53.4 Å². The Morgan fingerprint density at radius 1 is 1.45 bits per heavy atom. The van der Waals surface area contributed by atoms with Crippen molar-refractivity contribution in [2.24, 2.45) is 10.7 Å². The van der Waals surface area contributed by atoms with Gasteiger partial charge in [0.2, 0.25) is 0 Å². The molecule has 0 aliphatic heterocycles. The molecule has 0 spiro atoms. The maximum atomic E-state index is 10.0. The number of nitrogens with two attached hydrogens (primary N) is 1. The Morgan fingerprint density at radius 2 is 2.27 bits per heavy atom. The molecule has 1 aliphatic rings. The molecule has 0 radical (unpaired) electrons. The van der Waals surface area contributed by atoms with Gasteiger partial charge in [0.1, 0.15) is 4.60 Å². The molecule has 114 valence electrons. The van der Waals surface area contributed by atoms with E-state index in [1.165, 1.54) is 6.20 Å². The Balaban J connectivity index is 1.82. The van der Waals surface area contributed by atoms with E-state index in [9.17, 15) is 5.11 Å². The number of aliphatic imine (C=N–C) groups is 1. The predicted molar refractivity (Wildman–Crippen MR) is 91.6 cm³/mol. The molecule has 3 N–H and O–H groups in total. The standard InChI is InChI=1S/C16H17BrN4O/c17-15-6-14-11(9-20-15)2-3-13(21-14)12(7-18)8-19-10-16(22)4-1-5-16/h2-3,6-9,22H,1,4-5,10,18H2. The maximum Gasteiger partial charge on any atom is 0.108 e. The lowest BCUT2D eigenvalue weighted by molar-refractivity contribution is -0.0233. The first-order chi connectivity index (χ1) is 10.6. The molecule has 6 heteroatoms. The van der Waals surface area contributed by atoms with E-state index in [0.29, 0.717) is 6.54 Å². The zero-order chi connectivity index (χ0) is 15.6. The molecule has 22 heavy (non-hydrogen) atoms. The third-order valence-corrected chi connectivity index (χ3v) is 4.35. The monoisotopic (exact) mass is 360 g/mol. The van der Waals surface area contributed by atoms with Crippen molar-refractivity contribution in [3.05, 3.63) is 40.9 Å². The normalized spacial score (nSPS) is 17.8. The highest BCUT2D eigenvalue weighted by atomic mass is 79.9. The van der Waals surface area contributed by atoms with Crippen LogP contribution in [0.4, 0.5) is 0 Å². The third kappa shape index (κ3) is 3.18. The summed E-state index contributed by atoms with van der Waals surface area (Å²) in [4.78, 5) is 13.1. The van der Waals surface area contributed by atoms with Crippen molar-refractivity contribution in [2.45, 2.75) is 24.9 Å². The van der Waals surface area contributed by atoms with Crippen molar-refractivity contribution in [1.82, 2.24) is 9.97 Å². The van der Waals surface area contributed by atoms with Crippen LogP contribution >= 0.6 is 15.9 Å². The van der Waals surface area contributed by atoms with Gasteiger partial charge in [-0.15, -0.1) is 0 Å². The molecular formula is C16H17BrN4O. The molecule has 1 aliphatic carbocycles. The SMILES string of the molecule is NC=C(C=NCC1(O)CCC1)c1ccc2cnc(Br)cc2n1. The number of aromatic nitrogens is 2. The first-order valence-electron chi connectivity index (χ1n) is 7.16. The van der Waals surface area contributed by atoms with Gasteiger partial charge in [-0.25, -0.2) is 9.97 Å². The zero-order valence-electron chi connectivity index (χ0n) is 12.0. The van der Waals surface area contributed by atoms with Gasteiger partial charge in [-0.2, -0.15) is 0 Å². The van der Waals surface area contributed by atoms with Crippen LogP contribution in [0.2, 0.25) is 0 Å². The van der Waals surface area contributed by atoms with Gasteiger partial charge in [0.25, 0.3) is 0 Å². The van der Waals surface area contributed by atoms with Crippen molar-refractivity contribution in [3.8, 4) is 0 Å². The average Bonchev–Trinajstić information content (AvgIpc) is 2.49. The van der Waals surface area contributed by atoms with Crippen molar-refractivity contribution in [1.29, 1.82) is 0 Å². The van der Waals surface area contributed by atoms with Gasteiger partial charge in [-0.1, -0.05) is 0 Å². The number of halogens is 1. The second kappa shape index (κ2) is 6.14. The number of aliphatic hydroxyl groups is 1. The van der Waals surface area contributed by atoms with Crippen LogP contribution in [0, 0.1) is 0 Å². The molecule has 1 fully saturated rings. The molecule has 0 saturated heterocycles. The van der Waals surface area contributed by atoms with E-state index in [1.807, 2.05) is 18.2 Å². The molecule has 0 atom stereocenters. The Kier molecular flexibility index (Phi) is 4.22. The van der Waals surface area contributed by atoms with Gasteiger partial charge in [0.15, 0.2) is 0 Å². The number of hydrogen-bond acceptors (Lipinski definition) is 5. The number of pyridine rings is 2. The fourth-order valence-electron chi connectivity index (χ4n) is 2.40. The van der Waals surface area contributed by atoms with E-state index in [2.05, 4.69) is 30.9 Å².